The second-order valence-corrected chi connectivity index (χ2v) is 6.14. The number of halogens is 1. The number of alkyl halides is 1. The van der Waals surface area contributed by atoms with Gasteiger partial charge in [0.15, 0.2) is 0 Å². The lowest BCUT2D eigenvalue weighted by Gasteiger charge is -2.22. The molecule has 1 rings (SSSR count). The fourth-order valence-electron chi connectivity index (χ4n) is 1.21. The van der Waals surface area contributed by atoms with Crippen molar-refractivity contribution in [3.63, 3.8) is 0 Å². The van der Waals surface area contributed by atoms with Gasteiger partial charge >= 0.3 is 0 Å². The van der Waals surface area contributed by atoms with E-state index in [0.29, 0.717) is 4.90 Å². The van der Waals surface area contributed by atoms with Gasteiger partial charge in [-0.15, -0.1) is 11.6 Å². The summed E-state index contributed by atoms with van der Waals surface area (Å²) in [6.07, 6.45) is 0. The van der Waals surface area contributed by atoms with Gasteiger partial charge in [0.2, 0.25) is 10.0 Å². The Morgan fingerprint density at radius 1 is 1.31 bits per heavy atom. The summed E-state index contributed by atoms with van der Waals surface area (Å²) in [6, 6.07) is 6.58. The summed E-state index contributed by atoms with van der Waals surface area (Å²) in [5, 5.41) is 0. The van der Waals surface area contributed by atoms with E-state index >= 15 is 0 Å². The van der Waals surface area contributed by atoms with E-state index in [4.69, 9.17) is 11.6 Å². The second kappa shape index (κ2) is 5.17. The van der Waals surface area contributed by atoms with Gasteiger partial charge in [0.05, 0.1) is 4.90 Å². The van der Waals surface area contributed by atoms with Crippen LogP contribution in [0.3, 0.4) is 0 Å². The fraction of sp³-hybridized carbons (Fsp3) is 0.455. The highest BCUT2D eigenvalue weighted by molar-refractivity contribution is 7.89. The summed E-state index contributed by atoms with van der Waals surface area (Å²) in [7, 11) is -1.87. The molecule has 0 aliphatic carbocycles. The van der Waals surface area contributed by atoms with Gasteiger partial charge in [0.1, 0.15) is 0 Å². The fourth-order valence-corrected chi connectivity index (χ4v) is 2.86. The monoisotopic (exact) mass is 261 g/mol. The van der Waals surface area contributed by atoms with Gasteiger partial charge in [-0.25, -0.2) is 8.42 Å². The van der Waals surface area contributed by atoms with Crippen molar-refractivity contribution in [2.75, 3.05) is 12.9 Å². The van der Waals surface area contributed by atoms with Crippen LogP contribution >= 0.6 is 11.6 Å². The average Bonchev–Trinajstić information content (AvgIpc) is 2.27. The zero-order valence-electron chi connectivity index (χ0n) is 9.64. The van der Waals surface area contributed by atoms with Gasteiger partial charge in [0.25, 0.3) is 0 Å². The van der Waals surface area contributed by atoms with Gasteiger partial charge < -0.3 is 0 Å². The Morgan fingerprint density at radius 3 is 2.25 bits per heavy atom. The molecular formula is C11H16ClNO2S. The largest absolute Gasteiger partial charge is 0.243 e. The van der Waals surface area contributed by atoms with Gasteiger partial charge in [-0.1, -0.05) is 17.7 Å². The summed E-state index contributed by atoms with van der Waals surface area (Å²) in [4.78, 5) is 0.303. The highest BCUT2D eigenvalue weighted by atomic mass is 35.5. The number of sulfonamides is 1. The minimum Gasteiger partial charge on any atom is -0.207 e. The first-order valence-corrected chi connectivity index (χ1v) is 6.97. The first-order valence-electron chi connectivity index (χ1n) is 5.00. The van der Waals surface area contributed by atoms with Crippen molar-refractivity contribution in [1.29, 1.82) is 0 Å². The molecule has 0 saturated heterocycles. The molecule has 1 aromatic carbocycles. The highest BCUT2D eigenvalue weighted by Crippen LogP contribution is 2.17. The van der Waals surface area contributed by atoms with Gasteiger partial charge in [0, 0.05) is 19.0 Å². The van der Waals surface area contributed by atoms with E-state index in [1.54, 1.807) is 38.2 Å². The van der Waals surface area contributed by atoms with E-state index in [1.165, 1.54) is 4.31 Å². The van der Waals surface area contributed by atoms with Crippen LogP contribution in [0, 0.1) is 6.92 Å². The topological polar surface area (TPSA) is 37.4 Å². The molecule has 0 saturated carbocycles. The van der Waals surface area contributed by atoms with Crippen molar-refractivity contribution in [2.24, 2.45) is 0 Å². The van der Waals surface area contributed by atoms with Crippen molar-refractivity contribution < 1.29 is 8.42 Å². The predicted molar refractivity (Wildman–Crippen MR) is 66.3 cm³/mol. The number of aryl methyl sites for hydroxylation is 1. The SMILES string of the molecule is Cc1ccc(S(=O)(=O)N(C)C(C)CCl)cc1. The third kappa shape index (κ3) is 2.75. The molecule has 1 unspecified atom stereocenters. The number of nitrogens with zero attached hydrogens (tertiary/aromatic N) is 1. The summed E-state index contributed by atoms with van der Waals surface area (Å²) >= 11 is 5.66. The van der Waals surface area contributed by atoms with Gasteiger partial charge in [-0.3, -0.25) is 0 Å². The maximum atomic E-state index is 12.1. The number of hydrogen-bond acceptors (Lipinski definition) is 2. The molecule has 1 atom stereocenters. The Labute approximate surface area is 102 Å². The normalized spacial score (nSPS) is 14.1. The molecule has 90 valence electrons. The Hall–Kier alpha value is -0.580. The molecule has 1 aromatic rings. The third-order valence-electron chi connectivity index (χ3n) is 2.54. The molecule has 16 heavy (non-hydrogen) atoms. The molecule has 0 amide bonds. The first-order chi connectivity index (χ1) is 7.39. The maximum Gasteiger partial charge on any atom is 0.243 e. The average molecular weight is 262 g/mol. The number of benzene rings is 1. The van der Waals surface area contributed by atoms with Crippen LogP contribution in [-0.4, -0.2) is 31.7 Å². The molecule has 0 fully saturated rings. The summed E-state index contributed by atoms with van der Waals surface area (Å²) in [5.74, 6) is 0.279. The van der Waals surface area contributed by atoms with Crippen LogP contribution < -0.4 is 0 Å². The number of rotatable bonds is 4. The Balaban J connectivity index is 3.07. The minimum absolute atomic E-state index is 0.215. The maximum absolute atomic E-state index is 12.1. The van der Waals surface area contributed by atoms with Gasteiger partial charge in [-0.05, 0) is 26.0 Å². The molecule has 0 aliphatic rings. The van der Waals surface area contributed by atoms with Crippen molar-refractivity contribution in [3.8, 4) is 0 Å². The lowest BCUT2D eigenvalue weighted by atomic mass is 10.2. The first kappa shape index (κ1) is 13.5. The van der Waals surface area contributed by atoms with Gasteiger partial charge in [-0.2, -0.15) is 4.31 Å². The smallest absolute Gasteiger partial charge is 0.207 e. The van der Waals surface area contributed by atoms with E-state index in [2.05, 4.69) is 0 Å². The Morgan fingerprint density at radius 2 is 1.81 bits per heavy atom. The lowest BCUT2D eigenvalue weighted by molar-refractivity contribution is 0.413. The van der Waals surface area contributed by atoms with Crippen molar-refractivity contribution in [3.05, 3.63) is 29.8 Å². The van der Waals surface area contributed by atoms with E-state index in [1.807, 2.05) is 6.92 Å². The Bertz CT molecular complexity index is 442. The van der Waals surface area contributed by atoms with Crippen LogP contribution in [0.15, 0.2) is 29.2 Å². The molecule has 0 spiro atoms. The van der Waals surface area contributed by atoms with Crippen LogP contribution in [0.1, 0.15) is 12.5 Å². The highest BCUT2D eigenvalue weighted by Gasteiger charge is 2.24. The molecule has 0 aliphatic heterocycles. The second-order valence-electron chi connectivity index (χ2n) is 3.84. The molecule has 5 heteroatoms. The molecule has 3 nitrogen and oxygen atoms in total. The zero-order chi connectivity index (χ0) is 12.3. The van der Waals surface area contributed by atoms with Crippen molar-refractivity contribution in [1.82, 2.24) is 4.31 Å². The van der Waals surface area contributed by atoms with Crippen molar-refractivity contribution in [2.45, 2.75) is 24.8 Å². The van der Waals surface area contributed by atoms with Crippen LogP contribution in [0.5, 0.6) is 0 Å². The standard InChI is InChI=1S/C11H16ClNO2S/c1-9-4-6-11(7-5-9)16(14,15)13(3)10(2)8-12/h4-7,10H,8H2,1-3H3. The lowest BCUT2D eigenvalue weighted by Crippen LogP contribution is -2.36. The predicted octanol–water partition coefficient (Wildman–Crippen LogP) is 2.24. The molecule has 0 heterocycles. The minimum atomic E-state index is -3.42. The molecule has 0 bridgehead atoms. The van der Waals surface area contributed by atoms with E-state index in [9.17, 15) is 8.42 Å². The van der Waals surface area contributed by atoms with Crippen LogP contribution in [-0.2, 0) is 10.0 Å². The summed E-state index contributed by atoms with van der Waals surface area (Å²) < 4.78 is 25.5. The molecule has 0 N–H and O–H groups in total. The third-order valence-corrected chi connectivity index (χ3v) is 4.97. The van der Waals surface area contributed by atoms with Crippen LogP contribution in [0.2, 0.25) is 0 Å². The zero-order valence-corrected chi connectivity index (χ0v) is 11.2. The Kier molecular flexibility index (Phi) is 4.35. The number of hydrogen-bond donors (Lipinski definition) is 0. The summed E-state index contributed by atoms with van der Waals surface area (Å²) in [6.45, 7) is 3.69. The quantitative estimate of drug-likeness (QED) is 0.780. The van der Waals surface area contributed by atoms with Crippen LogP contribution in [0.4, 0.5) is 0 Å². The molecule has 0 aromatic heterocycles. The van der Waals surface area contributed by atoms with Crippen molar-refractivity contribution >= 4 is 21.6 Å². The molecule has 0 radical (unpaired) electrons. The van der Waals surface area contributed by atoms with E-state index in [-0.39, 0.29) is 11.9 Å². The van der Waals surface area contributed by atoms with Crippen LogP contribution in [0.25, 0.3) is 0 Å². The summed E-state index contributed by atoms with van der Waals surface area (Å²) in [5.41, 5.74) is 1.03. The van der Waals surface area contributed by atoms with E-state index in [0.717, 1.165) is 5.56 Å². The molecular weight excluding hydrogens is 246 g/mol. The van der Waals surface area contributed by atoms with E-state index < -0.39 is 10.0 Å².